The third-order valence-electron chi connectivity index (χ3n) is 4.19. The molecule has 0 atom stereocenters. The molecule has 0 aliphatic rings. The van der Waals surface area contributed by atoms with Gasteiger partial charge in [-0.2, -0.15) is 5.10 Å². The second kappa shape index (κ2) is 7.33. The minimum atomic E-state index is 0.457. The zero-order chi connectivity index (χ0) is 17.8. The van der Waals surface area contributed by atoms with Crippen LogP contribution in [0.3, 0.4) is 0 Å². The van der Waals surface area contributed by atoms with E-state index in [0.29, 0.717) is 5.11 Å². The van der Waals surface area contributed by atoms with Crippen LogP contribution in [0.15, 0.2) is 90.0 Å². The van der Waals surface area contributed by atoms with Crippen molar-refractivity contribution < 1.29 is 0 Å². The molecule has 0 bridgehead atoms. The van der Waals surface area contributed by atoms with Gasteiger partial charge in [-0.25, -0.2) is 0 Å². The maximum absolute atomic E-state index is 5.36. The molecule has 26 heavy (non-hydrogen) atoms. The monoisotopic (exact) mass is 355 g/mol. The molecule has 2 N–H and O–H groups in total. The van der Waals surface area contributed by atoms with Gasteiger partial charge in [-0.1, -0.05) is 72.8 Å². The third-order valence-corrected chi connectivity index (χ3v) is 4.38. The Labute approximate surface area is 157 Å². The average Bonchev–Trinajstić information content (AvgIpc) is 2.68. The molecule has 126 valence electrons. The molecule has 0 heterocycles. The summed E-state index contributed by atoms with van der Waals surface area (Å²) in [4.78, 5) is 0. The van der Waals surface area contributed by atoms with Gasteiger partial charge in [-0.3, -0.25) is 5.43 Å². The number of thiocarbonyl (C=S) groups is 1. The number of hydrazone groups is 1. The van der Waals surface area contributed by atoms with Gasteiger partial charge in [0.25, 0.3) is 0 Å². The van der Waals surface area contributed by atoms with Crippen molar-refractivity contribution in [3.05, 3.63) is 90.5 Å². The van der Waals surface area contributed by atoms with Crippen LogP contribution in [0, 0.1) is 0 Å². The quantitative estimate of drug-likeness (QED) is 0.297. The molecular formula is C22H17N3S. The summed E-state index contributed by atoms with van der Waals surface area (Å²) in [7, 11) is 0. The van der Waals surface area contributed by atoms with Crippen molar-refractivity contribution in [2.45, 2.75) is 0 Å². The maximum atomic E-state index is 5.36. The summed E-state index contributed by atoms with van der Waals surface area (Å²) in [5.41, 5.74) is 4.86. The van der Waals surface area contributed by atoms with Crippen LogP contribution in [-0.2, 0) is 0 Å². The van der Waals surface area contributed by atoms with E-state index < -0.39 is 0 Å². The van der Waals surface area contributed by atoms with Gasteiger partial charge < -0.3 is 5.32 Å². The Kier molecular flexibility index (Phi) is 4.58. The Morgan fingerprint density at radius 3 is 2.38 bits per heavy atom. The molecule has 3 nitrogen and oxygen atoms in total. The van der Waals surface area contributed by atoms with E-state index in [-0.39, 0.29) is 0 Å². The molecule has 0 unspecified atom stereocenters. The smallest absolute Gasteiger partial charge is 0.191 e. The Hall–Kier alpha value is -3.24. The van der Waals surface area contributed by atoms with Crippen LogP contribution in [0.1, 0.15) is 5.56 Å². The topological polar surface area (TPSA) is 36.4 Å². The number of rotatable bonds is 3. The van der Waals surface area contributed by atoms with Crippen molar-refractivity contribution in [2.75, 3.05) is 5.32 Å². The second-order valence-electron chi connectivity index (χ2n) is 5.96. The lowest BCUT2D eigenvalue weighted by molar-refractivity contribution is 1.05. The molecule has 0 saturated heterocycles. The second-order valence-corrected chi connectivity index (χ2v) is 6.37. The Balaban J connectivity index is 1.45. The zero-order valence-corrected chi connectivity index (χ0v) is 14.8. The largest absolute Gasteiger partial charge is 0.331 e. The molecule has 4 aromatic carbocycles. The number of fused-ring (bicyclic) bond motifs is 2. The molecule has 0 spiro atoms. The first kappa shape index (κ1) is 16.2. The summed E-state index contributed by atoms with van der Waals surface area (Å²) in [6, 6.07) is 28.7. The minimum absolute atomic E-state index is 0.457. The molecule has 4 rings (SSSR count). The number of hydrogen-bond acceptors (Lipinski definition) is 2. The van der Waals surface area contributed by atoms with E-state index in [9.17, 15) is 0 Å². The van der Waals surface area contributed by atoms with Crippen LogP contribution in [0.4, 0.5) is 5.69 Å². The van der Waals surface area contributed by atoms with E-state index >= 15 is 0 Å². The van der Waals surface area contributed by atoms with Crippen LogP contribution in [0.2, 0.25) is 0 Å². The van der Waals surface area contributed by atoms with Gasteiger partial charge in [0.1, 0.15) is 0 Å². The highest BCUT2D eigenvalue weighted by Gasteiger charge is 2.01. The normalized spacial score (nSPS) is 11.1. The molecule has 0 aromatic heterocycles. The minimum Gasteiger partial charge on any atom is -0.331 e. The summed E-state index contributed by atoms with van der Waals surface area (Å²) in [5, 5.41) is 12.6. The molecular weight excluding hydrogens is 338 g/mol. The standard InChI is InChI=1S/C22H17N3S/c26-22(24-21-11-5-9-18-7-3-4-10-20(18)21)25-23-15-16-12-13-17-6-1-2-8-19(17)14-16/h1-15H,(H2,24,25,26)/b23-15+. The van der Waals surface area contributed by atoms with Crippen LogP contribution >= 0.6 is 12.2 Å². The molecule has 4 heteroatoms. The van der Waals surface area contributed by atoms with Gasteiger partial charge in [-0.05, 0) is 46.1 Å². The fraction of sp³-hybridized carbons (Fsp3) is 0. The van der Waals surface area contributed by atoms with Crippen molar-refractivity contribution in [1.82, 2.24) is 5.43 Å². The number of nitrogens with zero attached hydrogens (tertiary/aromatic N) is 1. The highest BCUT2D eigenvalue weighted by Crippen LogP contribution is 2.22. The first-order valence-electron chi connectivity index (χ1n) is 8.36. The van der Waals surface area contributed by atoms with E-state index in [4.69, 9.17) is 12.2 Å². The van der Waals surface area contributed by atoms with Gasteiger partial charge in [0.2, 0.25) is 0 Å². The van der Waals surface area contributed by atoms with E-state index in [2.05, 4.69) is 58.3 Å². The van der Waals surface area contributed by atoms with Gasteiger partial charge >= 0.3 is 0 Å². The van der Waals surface area contributed by atoms with Crippen LogP contribution in [0.25, 0.3) is 21.5 Å². The Morgan fingerprint density at radius 1 is 0.769 bits per heavy atom. The molecule has 0 aliphatic carbocycles. The molecule has 4 aromatic rings. The van der Waals surface area contributed by atoms with Gasteiger partial charge in [0.05, 0.1) is 6.21 Å². The molecule has 0 saturated carbocycles. The Morgan fingerprint density at radius 2 is 1.50 bits per heavy atom. The molecule has 0 aliphatic heterocycles. The van der Waals surface area contributed by atoms with E-state index in [1.54, 1.807) is 6.21 Å². The number of benzene rings is 4. The van der Waals surface area contributed by atoms with Gasteiger partial charge in [0, 0.05) is 11.1 Å². The first-order valence-corrected chi connectivity index (χ1v) is 8.77. The zero-order valence-electron chi connectivity index (χ0n) is 14.0. The van der Waals surface area contributed by atoms with Crippen molar-refractivity contribution >= 4 is 50.8 Å². The van der Waals surface area contributed by atoms with Gasteiger partial charge in [-0.15, -0.1) is 0 Å². The van der Waals surface area contributed by atoms with Crippen molar-refractivity contribution in [3.63, 3.8) is 0 Å². The van der Waals surface area contributed by atoms with Crippen molar-refractivity contribution in [3.8, 4) is 0 Å². The third kappa shape index (κ3) is 3.55. The molecule has 0 radical (unpaired) electrons. The lowest BCUT2D eigenvalue weighted by atomic mass is 10.1. The summed E-state index contributed by atoms with van der Waals surface area (Å²) in [6.07, 6.45) is 1.77. The van der Waals surface area contributed by atoms with E-state index in [1.807, 2.05) is 42.5 Å². The summed E-state index contributed by atoms with van der Waals surface area (Å²) < 4.78 is 0. The van der Waals surface area contributed by atoms with Crippen LogP contribution < -0.4 is 10.7 Å². The van der Waals surface area contributed by atoms with Crippen molar-refractivity contribution in [2.24, 2.45) is 5.10 Å². The number of hydrogen-bond donors (Lipinski definition) is 2. The summed E-state index contributed by atoms with van der Waals surface area (Å²) in [5.74, 6) is 0. The SMILES string of the molecule is S=C(N/N=C/c1ccc2ccccc2c1)Nc1cccc2ccccc12. The lowest BCUT2D eigenvalue weighted by Gasteiger charge is -2.10. The van der Waals surface area contributed by atoms with E-state index in [0.717, 1.165) is 16.6 Å². The molecule has 0 amide bonds. The highest BCUT2D eigenvalue weighted by atomic mass is 32.1. The summed E-state index contributed by atoms with van der Waals surface area (Å²) in [6.45, 7) is 0. The van der Waals surface area contributed by atoms with Crippen LogP contribution in [0.5, 0.6) is 0 Å². The predicted molar refractivity (Wildman–Crippen MR) is 115 cm³/mol. The maximum Gasteiger partial charge on any atom is 0.191 e. The predicted octanol–water partition coefficient (Wildman–Crippen LogP) is 5.31. The average molecular weight is 355 g/mol. The van der Waals surface area contributed by atoms with Crippen LogP contribution in [-0.4, -0.2) is 11.3 Å². The van der Waals surface area contributed by atoms with E-state index in [1.165, 1.54) is 16.2 Å². The number of anilines is 1. The first-order chi connectivity index (χ1) is 12.8. The number of nitrogens with one attached hydrogen (secondary N) is 2. The highest BCUT2D eigenvalue weighted by molar-refractivity contribution is 7.80. The fourth-order valence-corrected chi connectivity index (χ4v) is 3.10. The van der Waals surface area contributed by atoms with Crippen molar-refractivity contribution in [1.29, 1.82) is 0 Å². The summed E-state index contributed by atoms with van der Waals surface area (Å²) >= 11 is 5.36. The van der Waals surface area contributed by atoms with Gasteiger partial charge in [0.15, 0.2) is 5.11 Å². The fourth-order valence-electron chi connectivity index (χ4n) is 2.94. The molecule has 0 fully saturated rings. The lowest BCUT2D eigenvalue weighted by Crippen LogP contribution is -2.23. The Bertz CT molecular complexity index is 1110.